The van der Waals surface area contributed by atoms with Gasteiger partial charge >= 0.3 is 0 Å². The number of hydrogen-bond acceptors (Lipinski definition) is 6. The van der Waals surface area contributed by atoms with Gasteiger partial charge in [0.25, 0.3) is 0 Å². The van der Waals surface area contributed by atoms with Gasteiger partial charge in [-0.15, -0.1) is 11.3 Å². The lowest BCUT2D eigenvalue weighted by Crippen LogP contribution is -2.32. The molecule has 1 fully saturated rings. The van der Waals surface area contributed by atoms with Gasteiger partial charge in [-0.1, -0.05) is 0 Å². The molecule has 1 aliphatic heterocycles. The minimum atomic E-state index is -0.214. The lowest BCUT2D eigenvalue weighted by atomic mass is 10.2. The van der Waals surface area contributed by atoms with Crippen LogP contribution in [0.4, 0.5) is 16.0 Å². The highest BCUT2D eigenvalue weighted by Crippen LogP contribution is 2.28. The first-order chi connectivity index (χ1) is 12.2. The van der Waals surface area contributed by atoms with Crippen LogP contribution in [-0.4, -0.2) is 34.3 Å². The van der Waals surface area contributed by atoms with E-state index in [2.05, 4.69) is 20.2 Å². The molecule has 1 atom stereocenters. The van der Waals surface area contributed by atoms with Gasteiger partial charge in [0.2, 0.25) is 0 Å². The number of thiophene rings is 1. The maximum absolute atomic E-state index is 13.3. The Labute approximate surface area is 149 Å². The fraction of sp³-hybridized carbons (Fsp3) is 0.333. The average molecular weight is 358 g/mol. The molecule has 7 heteroatoms. The summed E-state index contributed by atoms with van der Waals surface area (Å²) in [6.45, 7) is 1.68. The minimum Gasteiger partial charge on any atom is -0.394 e. The summed E-state index contributed by atoms with van der Waals surface area (Å²) in [6, 6.07) is 8.91. The van der Waals surface area contributed by atoms with E-state index in [1.807, 2.05) is 18.2 Å². The third kappa shape index (κ3) is 3.43. The molecule has 0 bridgehead atoms. The Balaban J connectivity index is 1.48. The summed E-state index contributed by atoms with van der Waals surface area (Å²) in [5, 5.41) is 13.7. The van der Waals surface area contributed by atoms with E-state index < -0.39 is 0 Å². The van der Waals surface area contributed by atoms with E-state index >= 15 is 0 Å². The molecule has 1 aliphatic rings. The van der Waals surface area contributed by atoms with Crippen molar-refractivity contribution in [3.63, 3.8) is 0 Å². The summed E-state index contributed by atoms with van der Waals surface area (Å²) < 4.78 is 14.4. The molecule has 0 amide bonds. The molecule has 1 unspecified atom stereocenters. The molecular formula is C18H19FN4OS. The number of rotatable bonds is 5. The molecule has 0 saturated carbocycles. The smallest absolute Gasteiger partial charge is 0.134 e. The van der Waals surface area contributed by atoms with E-state index in [1.165, 1.54) is 6.07 Å². The topological polar surface area (TPSA) is 61.3 Å². The van der Waals surface area contributed by atoms with Gasteiger partial charge in [0.05, 0.1) is 19.2 Å². The predicted molar refractivity (Wildman–Crippen MR) is 98.6 cm³/mol. The highest BCUT2D eigenvalue weighted by Gasteiger charge is 2.25. The van der Waals surface area contributed by atoms with Crippen LogP contribution in [0.1, 0.15) is 17.7 Å². The number of aromatic nitrogens is 2. The fourth-order valence-electron chi connectivity index (χ4n) is 3.26. The Kier molecular flexibility index (Phi) is 4.50. The molecule has 3 heterocycles. The molecule has 2 aromatic heterocycles. The van der Waals surface area contributed by atoms with Gasteiger partial charge in [-0.25, -0.2) is 14.4 Å². The first-order valence-electron chi connectivity index (χ1n) is 8.34. The summed E-state index contributed by atoms with van der Waals surface area (Å²) >= 11 is 1.64. The van der Waals surface area contributed by atoms with Crippen molar-refractivity contribution < 1.29 is 9.50 Å². The number of nitrogens with one attached hydrogen (secondary N) is 1. The molecule has 0 radical (unpaired) electrons. The van der Waals surface area contributed by atoms with Crippen LogP contribution in [0.15, 0.2) is 36.7 Å². The second kappa shape index (κ2) is 6.93. The van der Waals surface area contributed by atoms with Crippen molar-refractivity contribution in [2.24, 2.45) is 0 Å². The van der Waals surface area contributed by atoms with Crippen LogP contribution >= 0.6 is 11.3 Å². The van der Waals surface area contributed by atoms with Crippen molar-refractivity contribution in [1.29, 1.82) is 0 Å². The van der Waals surface area contributed by atoms with Crippen LogP contribution in [0.5, 0.6) is 0 Å². The highest BCUT2D eigenvalue weighted by molar-refractivity contribution is 7.19. The second-order valence-corrected chi connectivity index (χ2v) is 7.35. The zero-order chi connectivity index (χ0) is 17.2. The number of anilines is 2. The molecule has 1 aromatic carbocycles. The molecule has 3 aromatic rings. The summed E-state index contributed by atoms with van der Waals surface area (Å²) in [7, 11) is 0. The Morgan fingerprint density at radius 3 is 3.08 bits per heavy atom. The van der Waals surface area contributed by atoms with Crippen molar-refractivity contribution in [3.8, 4) is 0 Å². The van der Waals surface area contributed by atoms with Crippen LogP contribution < -0.4 is 10.2 Å². The zero-order valence-corrected chi connectivity index (χ0v) is 14.5. The van der Waals surface area contributed by atoms with Crippen LogP contribution in [0, 0.1) is 5.82 Å². The van der Waals surface area contributed by atoms with Gasteiger partial charge in [-0.2, -0.15) is 0 Å². The monoisotopic (exact) mass is 358 g/mol. The summed E-state index contributed by atoms with van der Waals surface area (Å²) in [5.74, 6) is 1.37. The number of halogens is 1. The molecule has 5 nitrogen and oxygen atoms in total. The van der Waals surface area contributed by atoms with Crippen LogP contribution in [0.3, 0.4) is 0 Å². The Morgan fingerprint density at radius 2 is 2.20 bits per heavy atom. The van der Waals surface area contributed by atoms with Crippen LogP contribution in [-0.2, 0) is 6.54 Å². The quantitative estimate of drug-likeness (QED) is 0.732. The summed E-state index contributed by atoms with van der Waals surface area (Å²) in [4.78, 5) is 11.9. The number of nitrogens with zero attached hydrogens (tertiary/aromatic N) is 3. The third-order valence-electron chi connectivity index (χ3n) is 4.51. The summed E-state index contributed by atoms with van der Waals surface area (Å²) in [5.41, 5.74) is 0. The van der Waals surface area contributed by atoms with E-state index in [0.717, 1.165) is 46.0 Å². The zero-order valence-electron chi connectivity index (χ0n) is 13.7. The first-order valence-corrected chi connectivity index (χ1v) is 9.16. The van der Waals surface area contributed by atoms with Crippen molar-refractivity contribution in [2.45, 2.75) is 25.4 Å². The standard InChI is InChI=1S/C18H19FN4OS/c19-13-3-4-16-12(6-13)7-15(25-16)9-20-17-8-18(22-11-21-17)23-5-1-2-14(23)10-24/h3-4,6-8,11,14,24H,1-2,5,9-10H2,(H,20,21,22). The number of aliphatic hydroxyl groups excluding tert-OH is 1. The molecule has 25 heavy (non-hydrogen) atoms. The molecule has 0 spiro atoms. The van der Waals surface area contributed by atoms with E-state index in [1.54, 1.807) is 23.7 Å². The molecule has 1 saturated heterocycles. The van der Waals surface area contributed by atoms with Gasteiger partial charge < -0.3 is 15.3 Å². The molecular weight excluding hydrogens is 339 g/mol. The number of benzene rings is 1. The Morgan fingerprint density at radius 1 is 1.28 bits per heavy atom. The Bertz CT molecular complexity index is 884. The van der Waals surface area contributed by atoms with E-state index in [0.29, 0.717) is 6.54 Å². The normalized spacial score (nSPS) is 17.4. The van der Waals surface area contributed by atoms with Gasteiger partial charge in [-0.3, -0.25) is 0 Å². The van der Waals surface area contributed by atoms with Gasteiger partial charge in [0.15, 0.2) is 0 Å². The SMILES string of the molecule is OCC1CCCN1c1cc(NCc2cc3cc(F)ccc3s2)ncn1. The van der Waals surface area contributed by atoms with Gasteiger partial charge in [-0.05, 0) is 42.5 Å². The Hall–Kier alpha value is -2.25. The van der Waals surface area contributed by atoms with Gasteiger partial charge in [0.1, 0.15) is 23.8 Å². The predicted octanol–water partition coefficient (Wildman–Crippen LogP) is 3.40. The van der Waals surface area contributed by atoms with Crippen LogP contribution in [0.2, 0.25) is 0 Å². The number of aliphatic hydroxyl groups is 1. The van der Waals surface area contributed by atoms with Crippen molar-refractivity contribution in [1.82, 2.24) is 9.97 Å². The van der Waals surface area contributed by atoms with Crippen molar-refractivity contribution in [3.05, 3.63) is 47.4 Å². The number of fused-ring (bicyclic) bond motifs is 1. The maximum atomic E-state index is 13.3. The maximum Gasteiger partial charge on any atom is 0.134 e. The average Bonchev–Trinajstić information content (AvgIpc) is 3.26. The highest BCUT2D eigenvalue weighted by atomic mass is 32.1. The van der Waals surface area contributed by atoms with Crippen molar-refractivity contribution in [2.75, 3.05) is 23.4 Å². The molecule has 0 aliphatic carbocycles. The largest absolute Gasteiger partial charge is 0.394 e. The lowest BCUT2D eigenvalue weighted by Gasteiger charge is -2.24. The second-order valence-electron chi connectivity index (χ2n) is 6.18. The van der Waals surface area contributed by atoms with Crippen molar-refractivity contribution >= 4 is 33.1 Å². The van der Waals surface area contributed by atoms with Crippen LogP contribution in [0.25, 0.3) is 10.1 Å². The number of hydrogen-bond donors (Lipinski definition) is 2. The third-order valence-corrected chi connectivity index (χ3v) is 5.62. The molecule has 4 rings (SSSR count). The van der Waals surface area contributed by atoms with E-state index in [-0.39, 0.29) is 18.5 Å². The first kappa shape index (κ1) is 16.2. The fourth-order valence-corrected chi connectivity index (χ4v) is 4.25. The molecule has 130 valence electrons. The minimum absolute atomic E-state index is 0.139. The summed E-state index contributed by atoms with van der Waals surface area (Å²) in [6.07, 6.45) is 3.60. The van der Waals surface area contributed by atoms with Gasteiger partial charge in [0, 0.05) is 22.2 Å². The van der Waals surface area contributed by atoms with E-state index in [4.69, 9.17) is 0 Å². The molecule has 2 N–H and O–H groups in total. The van der Waals surface area contributed by atoms with E-state index in [9.17, 15) is 9.50 Å². The lowest BCUT2D eigenvalue weighted by molar-refractivity contribution is 0.266.